The summed E-state index contributed by atoms with van der Waals surface area (Å²) in [5.41, 5.74) is 9.54. The molecule has 0 aromatic carbocycles. The number of nitrogens with two attached hydrogens (primary N) is 1. The number of H-pyrrole nitrogens is 1. The number of aromatic nitrogens is 2. The zero-order chi connectivity index (χ0) is 14.4. The molecular formula is C15H20N4O. The van der Waals surface area contributed by atoms with Crippen LogP contribution in [0.5, 0.6) is 0 Å². The summed E-state index contributed by atoms with van der Waals surface area (Å²) in [5.74, 6) is 0. The number of fused-ring (bicyclic) bond motifs is 1. The molecule has 0 aliphatic heterocycles. The van der Waals surface area contributed by atoms with Gasteiger partial charge in [0.2, 0.25) is 0 Å². The fourth-order valence-corrected chi connectivity index (χ4v) is 2.20. The molecule has 0 atom stereocenters. The topological polar surface area (TPSA) is 87.3 Å². The van der Waals surface area contributed by atoms with Gasteiger partial charge in [-0.25, -0.2) is 4.98 Å². The van der Waals surface area contributed by atoms with Crippen molar-refractivity contribution in [3.63, 3.8) is 0 Å². The molecule has 0 amide bonds. The Labute approximate surface area is 118 Å². The van der Waals surface area contributed by atoms with Crippen molar-refractivity contribution in [3.8, 4) is 0 Å². The van der Waals surface area contributed by atoms with Gasteiger partial charge in [0.15, 0.2) is 0 Å². The molecule has 0 aliphatic rings. The van der Waals surface area contributed by atoms with Crippen LogP contribution >= 0.6 is 0 Å². The van der Waals surface area contributed by atoms with Crippen molar-refractivity contribution < 1.29 is 5.11 Å². The summed E-state index contributed by atoms with van der Waals surface area (Å²) in [7, 11) is 1.72. The Morgan fingerprint density at radius 1 is 1.50 bits per heavy atom. The molecule has 0 saturated carbocycles. The predicted octanol–water partition coefficient (Wildman–Crippen LogP) is 1.88. The molecular weight excluding hydrogens is 252 g/mol. The molecule has 2 rings (SSSR count). The maximum Gasteiger partial charge on any atom is 0.137 e. The number of allylic oxidation sites excluding steroid dienone is 1. The lowest BCUT2D eigenvalue weighted by Gasteiger charge is -2.02. The van der Waals surface area contributed by atoms with Gasteiger partial charge in [-0.05, 0) is 30.9 Å². The zero-order valence-electron chi connectivity index (χ0n) is 11.6. The van der Waals surface area contributed by atoms with E-state index in [0.29, 0.717) is 0 Å². The minimum Gasteiger partial charge on any atom is -0.404 e. The summed E-state index contributed by atoms with van der Waals surface area (Å²) < 4.78 is 0. The van der Waals surface area contributed by atoms with Gasteiger partial charge in [-0.2, -0.15) is 0 Å². The van der Waals surface area contributed by atoms with Crippen LogP contribution in [0.4, 0.5) is 0 Å². The maximum absolute atomic E-state index is 8.83. The molecule has 2 heterocycles. The zero-order valence-corrected chi connectivity index (χ0v) is 11.6. The van der Waals surface area contributed by atoms with E-state index in [4.69, 9.17) is 10.8 Å². The van der Waals surface area contributed by atoms with Crippen molar-refractivity contribution in [1.82, 2.24) is 9.97 Å². The van der Waals surface area contributed by atoms with E-state index in [1.165, 1.54) is 0 Å². The van der Waals surface area contributed by atoms with Gasteiger partial charge < -0.3 is 15.8 Å². The van der Waals surface area contributed by atoms with Crippen molar-refractivity contribution in [3.05, 3.63) is 35.8 Å². The van der Waals surface area contributed by atoms with Crippen LogP contribution in [0, 0.1) is 0 Å². The number of hydrogen-bond donors (Lipinski definition) is 3. The number of nitrogens with zero attached hydrogens (tertiary/aromatic N) is 2. The van der Waals surface area contributed by atoms with Crippen LogP contribution in [0.15, 0.2) is 29.7 Å². The summed E-state index contributed by atoms with van der Waals surface area (Å²) in [5, 5.41) is 9.88. The average molecular weight is 272 g/mol. The summed E-state index contributed by atoms with van der Waals surface area (Å²) in [4.78, 5) is 11.6. The molecule has 0 spiro atoms. The first-order valence-corrected chi connectivity index (χ1v) is 6.71. The van der Waals surface area contributed by atoms with Crippen LogP contribution < -0.4 is 5.73 Å². The van der Waals surface area contributed by atoms with E-state index in [1.54, 1.807) is 19.5 Å². The van der Waals surface area contributed by atoms with Crippen LogP contribution in [0.25, 0.3) is 16.6 Å². The number of unbranched alkanes of at least 4 members (excludes halogenated alkanes) is 1. The van der Waals surface area contributed by atoms with E-state index in [9.17, 15) is 0 Å². The monoisotopic (exact) mass is 272 g/mol. The Bertz CT molecular complexity index is 628. The minimum atomic E-state index is 0.234. The van der Waals surface area contributed by atoms with Crippen LogP contribution in [0.3, 0.4) is 0 Å². The predicted molar refractivity (Wildman–Crippen MR) is 82.7 cm³/mol. The van der Waals surface area contributed by atoms with Crippen LogP contribution in [0.1, 0.15) is 24.0 Å². The number of hydrogen-bond acceptors (Lipinski definition) is 4. The molecule has 0 bridgehead atoms. The summed E-state index contributed by atoms with van der Waals surface area (Å²) >= 11 is 0. The molecule has 4 N–H and O–H groups in total. The third-order valence-corrected chi connectivity index (χ3v) is 3.22. The van der Waals surface area contributed by atoms with Gasteiger partial charge in [0.05, 0.1) is 0 Å². The molecule has 5 heteroatoms. The van der Waals surface area contributed by atoms with Gasteiger partial charge in [-0.15, -0.1) is 0 Å². The highest BCUT2D eigenvalue weighted by Crippen LogP contribution is 2.23. The standard InChI is InChI=1S/C15H20N4O/c1-17-9-12(7-16)14-10-19-15-13(14)6-11(8-18-15)4-2-3-5-20/h6-10,20H,2-5,16H2,1H3,(H,18,19). The summed E-state index contributed by atoms with van der Waals surface area (Å²) in [6, 6.07) is 2.12. The molecule has 0 fully saturated rings. The average Bonchev–Trinajstić information content (AvgIpc) is 2.88. The third-order valence-electron chi connectivity index (χ3n) is 3.22. The van der Waals surface area contributed by atoms with Crippen molar-refractivity contribution in [2.75, 3.05) is 13.7 Å². The van der Waals surface area contributed by atoms with Crippen LogP contribution in [-0.4, -0.2) is 34.9 Å². The molecule has 0 unspecified atom stereocenters. The largest absolute Gasteiger partial charge is 0.404 e. The highest BCUT2D eigenvalue weighted by Gasteiger charge is 2.08. The van der Waals surface area contributed by atoms with E-state index in [1.807, 2.05) is 12.4 Å². The molecule has 0 saturated heterocycles. The Kier molecular flexibility index (Phi) is 4.90. The normalized spacial score (nSPS) is 12.6. The highest BCUT2D eigenvalue weighted by molar-refractivity contribution is 6.14. The number of nitrogens with one attached hydrogen (secondary N) is 1. The fourth-order valence-electron chi connectivity index (χ4n) is 2.20. The SMILES string of the molecule is CN=CC(=CN)c1c[nH]c2ncc(CCCCO)cc12. The number of aliphatic hydroxyl groups is 1. The molecule has 0 radical (unpaired) electrons. The molecule has 2 aromatic rings. The van der Waals surface area contributed by atoms with Gasteiger partial charge in [0.25, 0.3) is 0 Å². The Morgan fingerprint density at radius 2 is 2.35 bits per heavy atom. The third kappa shape index (κ3) is 3.05. The molecule has 106 valence electrons. The summed E-state index contributed by atoms with van der Waals surface area (Å²) in [6.07, 6.45) is 9.75. The van der Waals surface area contributed by atoms with Crippen LogP contribution in [-0.2, 0) is 6.42 Å². The van der Waals surface area contributed by atoms with Gasteiger partial charge in [0.1, 0.15) is 5.65 Å². The lowest BCUT2D eigenvalue weighted by Crippen LogP contribution is -1.92. The first-order chi connectivity index (χ1) is 9.80. The van der Waals surface area contributed by atoms with Crippen LogP contribution in [0.2, 0.25) is 0 Å². The smallest absolute Gasteiger partial charge is 0.137 e. The molecule has 2 aromatic heterocycles. The number of rotatable bonds is 6. The fraction of sp³-hybridized carbons (Fsp3) is 0.333. The van der Waals surface area contributed by atoms with Crippen molar-refractivity contribution in [1.29, 1.82) is 0 Å². The van der Waals surface area contributed by atoms with Crippen molar-refractivity contribution in [2.45, 2.75) is 19.3 Å². The Hall–Kier alpha value is -2.14. The lowest BCUT2D eigenvalue weighted by molar-refractivity contribution is 0.284. The van der Waals surface area contributed by atoms with Gasteiger partial charge in [-0.3, -0.25) is 4.99 Å². The van der Waals surface area contributed by atoms with E-state index in [2.05, 4.69) is 21.0 Å². The molecule has 0 aliphatic carbocycles. The van der Waals surface area contributed by atoms with Gasteiger partial charge >= 0.3 is 0 Å². The van der Waals surface area contributed by atoms with Gasteiger partial charge in [0, 0.05) is 55.0 Å². The van der Waals surface area contributed by atoms with Crippen molar-refractivity contribution >= 4 is 22.8 Å². The summed E-state index contributed by atoms with van der Waals surface area (Å²) in [6.45, 7) is 0.234. The number of aryl methyl sites for hydroxylation is 1. The number of pyridine rings is 1. The van der Waals surface area contributed by atoms with E-state index >= 15 is 0 Å². The lowest BCUT2D eigenvalue weighted by atomic mass is 10.0. The molecule has 20 heavy (non-hydrogen) atoms. The second-order valence-electron chi connectivity index (χ2n) is 4.63. The van der Waals surface area contributed by atoms with Gasteiger partial charge in [-0.1, -0.05) is 0 Å². The Morgan fingerprint density at radius 3 is 3.05 bits per heavy atom. The number of aromatic amines is 1. The Balaban J connectivity index is 2.34. The number of aliphatic hydroxyl groups excluding tert-OH is 1. The first kappa shape index (κ1) is 14.3. The molecule has 5 nitrogen and oxygen atoms in total. The van der Waals surface area contributed by atoms with Crippen molar-refractivity contribution in [2.24, 2.45) is 10.7 Å². The minimum absolute atomic E-state index is 0.234. The second kappa shape index (κ2) is 6.86. The van der Waals surface area contributed by atoms with E-state index < -0.39 is 0 Å². The van der Waals surface area contributed by atoms with E-state index in [-0.39, 0.29) is 6.61 Å². The van der Waals surface area contributed by atoms with E-state index in [0.717, 1.165) is 47.0 Å². The number of aliphatic imine (C=N–C) groups is 1. The maximum atomic E-state index is 8.83. The second-order valence-corrected chi connectivity index (χ2v) is 4.63. The quantitative estimate of drug-likeness (QED) is 0.554. The highest BCUT2D eigenvalue weighted by atomic mass is 16.2. The first-order valence-electron chi connectivity index (χ1n) is 6.71.